The molecule has 7 nitrogen and oxygen atoms in total. The summed E-state index contributed by atoms with van der Waals surface area (Å²) in [4.78, 5) is 38.2. The van der Waals surface area contributed by atoms with E-state index in [-0.39, 0.29) is 34.8 Å². The van der Waals surface area contributed by atoms with E-state index in [1.807, 2.05) is 45.9 Å². The van der Waals surface area contributed by atoms with E-state index in [0.29, 0.717) is 25.2 Å². The van der Waals surface area contributed by atoms with Crippen LogP contribution in [-0.4, -0.2) is 58.2 Å². The Morgan fingerprint density at radius 1 is 1.10 bits per heavy atom. The van der Waals surface area contributed by atoms with Crippen molar-refractivity contribution < 1.29 is 19.4 Å². The predicted molar refractivity (Wildman–Crippen MR) is 115 cm³/mol. The van der Waals surface area contributed by atoms with Gasteiger partial charge in [-0.1, -0.05) is 12.1 Å². The van der Waals surface area contributed by atoms with Gasteiger partial charge in [-0.25, -0.2) is 0 Å². The topological polar surface area (TPSA) is 88.8 Å². The molecule has 2 aliphatic heterocycles. The third-order valence-corrected chi connectivity index (χ3v) is 6.71. The highest BCUT2D eigenvalue weighted by Gasteiger charge is 2.36. The first-order valence-electron chi connectivity index (χ1n) is 9.91. The molecule has 0 saturated carbocycles. The van der Waals surface area contributed by atoms with E-state index in [0.717, 1.165) is 35.2 Å². The molecule has 0 unspecified atom stereocenters. The molecule has 1 aromatic heterocycles. The zero-order valence-corrected chi connectivity index (χ0v) is 17.6. The molecule has 2 aromatic rings. The fourth-order valence-corrected chi connectivity index (χ4v) is 5.09. The van der Waals surface area contributed by atoms with E-state index < -0.39 is 5.97 Å². The molecular formula is C22H24N2O5S. The minimum atomic E-state index is -0.913. The number of carboxylic acids is 1. The number of rotatable bonds is 6. The second-order valence-corrected chi connectivity index (χ2v) is 8.79. The third-order valence-electron chi connectivity index (χ3n) is 5.81. The van der Waals surface area contributed by atoms with Crippen LogP contribution >= 0.6 is 11.8 Å². The summed E-state index contributed by atoms with van der Waals surface area (Å²) < 4.78 is 7.07. The Morgan fingerprint density at radius 3 is 2.57 bits per heavy atom. The number of carbonyl (C=O) groups excluding carboxylic acids is 1. The van der Waals surface area contributed by atoms with Gasteiger partial charge in [0.05, 0.1) is 18.6 Å². The first kappa shape index (κ1) is 20.5. The van der Waals surface area contributed by atoms with Crippen LogP contribution in [0.25, 0.3) is 11.1 Å². The van der Waals surface area contributed by atoms with Crippen molar-refractivity contribution in [2.45, 2.75) is 18.9 Å². The third kappa shape index (κ3) is 4.09. The van der Waals surface area contributed by atoms with Crippen molar-refractivity contribution in [1.82, 2.24) is 9.47 Å². The van der Waals surface area contributed by atoms with E-state index in [1.54, 1.807) is 7.11 Å². The van der Waals surface area contributed by atoms with Crippen LogP contribution in [-0.2, 0) is 16.1 Å². The Kier molecular flexibility index (Phi) is 5.85. The number of amides is 1. The maximum atomic E-state index is 13.2. The number of fused-ring (bicyclic) bond motifs is 4. The Hall–Kier alpha value is -2.74. The molecule has 1 fully saturated rings. The molecule has 1 aromatic carbocycles. The molecule has 1 amide bonds. The van der Waals surface area contributed by atoms with Crippen LogP contribution in [0.2, 0.25) is 0 Å². The summed E-state index contributed by atoms with van der Waals surface area (Å²) in [6, 6.07) is 11.4. The van der Waals surface area contributed by atoms with Crippen molar-refractivity contribution >= 4 is 23.6 Å². The molecule has 3 heterocycles. The van der Waals surface area contributed by atoms with Crippen LogP contribution in [0.3, 0.4) is 0 Å². The highest BCUT2D eigenvalue weighted by atomic mass is 32.2. The number of carboxylic acid groups (broad SMARTS) is 1. The van der Waals surface area contributed by atoms with Gasteiger partial charge in [0, 0.05) is 36.8 Å². The predicted octanol–water partition coefficient (Wildman–Crippen LogP) is 2.29. The van der Waals surface area contributed by atoms with Crippen LogP contribution in [0.5, 0.6) is 5.75 Å². The van der Waals surface area contributed by atoms with Crippen molar-refractivity contribution in [3.8, 4) is 16.9 Å². The van der Waals surface area contributed by atoms with Crippen LogP contribution in [0.1, 0.15) is 18.0 Å². The monoisotopic (exact) mass is 428 g/mol. The number of hydrogen-bond acceptors (Lipinski definition) is 5. The summed E-state index contributed by atoms with van der Waals surface area (Å²) in [5.41, 5.74) is 2.51. The number of hydrogen-bond donors (Lipinski definition) is 1. The molecule has 30 heavy (non-hydrogen) atoms. The van der Waals surface area contributed by atoms with Crippen molar-refractivity contribution in [2.24, 2.45) is 5.92 Å². The number of likely N-dealkylation sites (tertiary alicyclic amines) is 1. The average molecular weight is 429 g/mol. The lowest BCUT2D eigenvalue weighted by Gasteiger charge is -2.43. The second-order valence-electron chi connectivity index (χ2n) is 7.80. The van der Waals surface area contributed by atoms with Gasteiger partial charge < -0.3 is 19.3 Å². The zero-order valence-electron chi connectivity index (χ0n) is 16.7. The summed E-state index contributed by atoms with van der Waals surface area (Å²) in [6.45, 7) is 1.78. The highest BCUT2D eigenvalue weighted by molar-refractivity contribution is 8.00. The molecule has 4 rings (SSSR count). The maximum Gasteiger partial charge on any atom is 0.313 e. The summed E-state index contributed by atoms with van der Waals surface area (Å²) in [5.74, 6) is 0.272. The number of aliphatic carboxylic acids is 1. The van der Waals surface area contributed by atoms with Gasteiger partial charge in [-0.05, 0) is 42.2 Å². The lowest BCUT2D eigenvalue weighted by Crippen LogP contribution is -2.49. The molecule has 0 aliphatic carbocycles. The number of ether oxygens (including phenoxy) is 1. The summed E-state index contributed by atoms with van der Waals surface area (Å²) in [6.07, 6.45) is 0.966. The van der Waals surface area contributed by atoms with E-state index >= 15 is 0 Å². The van der Waals surface area contributed by atoms with E-state index in [9.17, 15) is 14.4 Å². The minimum Gasteiger partial charge on any atom is -0.497 e. The van der Waals surface area contributed by atoms with Gasteiger partial charge in [0.15, 0.2) is 0 Å². The van der Waals surface area contributed by atoms with Crippen molar-refractivity contribution in [2.75, 3.05) is 31.7 Å². The SMILES string of the molecule is COc1ccc(-c2ccc3n(c2=O)C[C@H]2C[C@@H]3CN(C(=O)CSCC(=O)O)C2)cc1. The normalized spacial score (nSPS) is 19.8. The molecule has 2 bridgehead atoms. The number of piperidine rings is 1. The summed E-state index contributed by atoms with van der Waals surface area (Å²) >= 11 is 1.13. The largest absolute Gasteiger partial charge is 0.497 e. The molecule has 2 aliphatic rings. The number of thioether (sulfide) groups is 1. The Labute approximate surface area is 178 Å². The van der Waals surface area contributed by atoms with Gasteiger partial charge in [0.25, 0.3) is 5.56 Å². The number of methoxy groups -OCH3 is 1. The van der Waals surface area contributed by atoms with Crippen LogP contribution in [0.15, 0.2) is 41.2 Å². The molecular weight excluding hydrogens is 404 g/mol. The molecule has 8 heteroatoms. The standard InChI is InChI=1S/C22H24N2O5S/c1-29-17-4-2-15(3-5-17)18-6-7-19-16-8-14(10-24(19)22(18)28)9-23(11-16)20(25)12-30-13-21(26)27/h2-7,14,16H,8-13H2,1H3,(H,26,27)/t14-,16+/m0/s1. The molecule has 0 spiro atoms. The molecule has 1 saturated heterocycles. The molecule has 0 radical (unpaired) electrons. The van der Waals surface area contributed by atoms with Gasteiger partial charge >= 0.3 is 5.97 Å². The average Bonchev–Trinajstić information content (AvgIpc) is 2.74. The molecule has 158 valence electrons. The van der Waals surface area contributed by atoms with Crippen LogP contribution < -0.4 is 10.3 Å². The van der Waals surface area contributed by atoms with E-state index in [4.69, 9.17) is 9.84 Å². The van der Waals surface area contributed by atoms with Gasteiger partial charge in [-0.2, -0.15) is 0 Å². The number of carbonyl (C=O) groups is 2. The number of aromatic nitrogens is 1. The van der Waals surface area contributed by atoms with Crippen LogP contribution in [0, 0.1) is 5.92 Å². The minimum absolute atomic E-state index is 0.00385. The van der Waals surface area contributed by atoms with Gasteiger partial charge in [0.1, 0.15) is 5.75 Å². The number of benzene rings is 1. The lowest BCUT2D eigenvalue weighted by atomic mass is 9.82. The number of nitrogens with zero attached hydrogens (tertiary/aromatic N) is 2. The quantitative estimate of drug-likeness (QED) is 0.760. The second kappa shape index (κ2) is 8.55. The van der Waals surface area contributed by atoms with E-state index in [1.165, 1.54) is 0 Å². The van der Waals surface area contributed by atoms with E-state index in [2.05, 4.69) is 0 Å². The smallest absolute Gasteiger partial charge is 0.313 e. The maximum absolute atomic E-state index is 13.2. The fraction of sp³-hybridized carbons (Fsp3) is 0.409. The Balaban J connectivity index is 1.54. The Morgan fingerprint density at radius 2 is 1.87 bits per heavy atom. The van der Waals surface area contributed by atoms with Gasteiger partial charge in [0.2, 0.25) is 5.91 Å². The lowest BCUT2D eigenvalue weighted by molar-refractivity contribution is -0.133. The molecule has 1 N–H and O–H groups in total. The van der Waals surface area contributed by atoms with Crippen LogP contribution in [0.4, 0.5) is 0 Å². The van der Waals surface area contributed by atoms with Crippen molar-refractivity contribution in [3.05, 3.63) is 52.4 Å². The highest BCUT2D eigenvalue weighted by Crippen LogP contribution is 2.36. The fourth-order valence-electron chi connectivity index (χ4n) is 4.46. The molecule has 2 atom stereocenters. The van der Waals surface area contributed by atoms with Gasteiger partial charge in [-0.15, -0.1) is 11.8 Å². The number of pyridine rings is 1. The Bertz CT molecular complexity index is 1020. The van der Waals surface area contributed by atoms with Crippen molar-refractivity contribution in [3.63, 3.8) is 0 Å². The first-order chi connectivity index (χ1) is 14.5. The van der Waals surface area contributed by atoms with Gasteiger partial charge in [-0.3, -0.25) is 14.4 Å². The van der Waals surface area contributed by atoms with Crippen molar-refractivity contribution in [1.29, 1.82) is 0 Å². The zero-order chi connectivity index (χ0) is 21.3. The first-order valence-corrected chi connectivity index (χ1v) is 11.1. The summed E-state index contributed by atoms with van der Waals surface area (Å²) in [7, 11) is 1.61. The summed E-state index contributed by atoms with van der Waals surface area (Å²) in [5, 5.41) is 8.75.